The molecule has 0 N–H and O–H groups in total. The van der Waals surface area contributed by atoms with Crippen LogP contribution < -0.4 is 4.66 Å². The van der Waals surface area contributed by atoms with Gasteiger partial charge >= 0.3 is 0 Å². The predicted octanol–water partition coefficient (Wildman–Crippen LogP) is -0.613. The maximum atomic E-state index is 7.83. The van der Waals surface area contributed by atoms with Crippen molar-refractivity contribution in [2.24, 2.45) is 0 Å². The van der Waals surface area contributed by atoms with Crippen molar-refractivity contribution in [1.29, 1.82) is 0 Å². The molecule has 0 amide bonds. The van der Waals surface area contributed by atoms with Crippen molar-refractivity contribution in [1.82, 2.24) is 0 Å². The molecule has 0 fully saturated rings. The Balaban J connectivity index is -0.00000000500. The third-order valence-electron chi connectivity index (χ3n) is 0. The Kier molecular flexibility index (Phi) is 236. The third kappa shape index (κ3) is 13.8. The van der Waals surface area contributed by atoms with E-state index in [-0.39, 0.29) is 24.8 Å². The zero-order valence-electron chi connectivity index (χ0n) is 1.63. The summed E-state index contributed by atoms with van der Waals surface area (Å²) < 4.78 is 7.83. The van der Waals surface area contributed by atoms with Gasteiger partial charge in [0.15, 0.2) is 0 Å². The first-order valence-corrected chi connectivity index (χ1v) is 0.500. The second-order valence-corrected chi connectivity index (χ2v) is 0. The Hall–Kier alpha value is 0.830. The molecule has 0 aromatic heterocycles. The maximum Gasteiger partial charge on any atom is 0.0878 e. The van der Waals surface area contributed by atoms with Gasteiger partial charge in [-0.1, -0.05) is 0 Å². The monoisotopic (exact) mass is 124 g/mol. The van der Waals surface area contributed by atoms with Crippen molar-refractivity contribution < 1.29 is 16.5 Å². The van der Waals surface area contributed by atoms with Gasteiger partial charge in [0.1, 0.15) is 0 Å². The van der Waals surface area contributed by atoms with E-state index in [1.165, 1.54) is 0 Å². The molecule has 0 bridgehead atoms. The van der Waals surface area contributed by atoms with E-state index in [0.717, 1.165) is 0 Å². The van der Waals surface area contributed by atoms with Crippen molar-refractivity contribution in [3.8, 4) is 0 Å². The lowest BCUT2D eigenvalue weighted by molar-refractivity contribution is -1.00. The Bertz CT molecular complexity index is 3.25. The van der Waals surface area contributed by atoms with Crippen LogP contribution in [0.15, 0.2) is 0 Å². The van der Waals surface area contributed by atoms with Crippen molar-refractivity contribution >= 4 is 24.8 Å². The lowest BCUT2D eigenvalue weighted by atomic mass is 15.9. The summed E-state index contributed by atoms with van der Waals surface area (Å²) in [7, 11) is 0. The van der Waals surface area contributed by atoms with Gasteiger partial charge in [0.25, 0.3) is 0 Å². The lowest BCUT2D eigenvalue weighted by Crippen LogP contribution is -1.76. The van der Waals surface area contributed by atoms with Crippen LogP contribution in [0.3, 0.4) is 0 Å². The van der Waals surface area contributed by atoms with Crippen LogP contribution in [0, 0.1) is 11.9 Å². The zero-order chi connectivity index (χ0) is 2.00. The van der Waals surface area contributed by atoms with Gasteiger partial charge in [0, 0.05) is 0 Å². The second-order valence-electron chi connectivity index (χ2n) is 0. The first kappa shape index (κ1) is 21.2. The van der Waals surface area contributed by atoms with Gasteiger partial charge in [-0.3, -0.25) is 0 Å². The molecule has 0 spiro atoms. The molecule has 0 unspecified atom stereocenters. The number of hydrogen-bond acceptors (Lipinski definition) is 1. The van der Waals surface area contributed by atoms with Crippen LogP contribution >= 0.6 is 24.8 Å². The minimum absolute atomic E-state index is 0. The zero-order valence-corrected chi connectivity index (χ0v) is 4.08. The summed E-state index contributed by atoms with van der Waals surface area (Å²) in [6.45, 7) is 0. The standard InChI is InChI=1S/ClHO.2ClH/c1-2;;/h1H;2*1H. The van der Waals surface area contributed by atoms with Crippen LogP contribution in [0.5, 0.6) is 0 Å². The Labute approximate surface area is 42.0 Å². The molecule has 0 aromatic rings. The normalized spacial score (nSPS) is 1.50. The highest BCUT2D eigenvalue weighted by molar-refractivity contribution is 5.85. The summed E-state index contributed by atoms with van der Waals surface area (Å²) >= 11 is 2.83. The number of hydrogen-bond donors (Lipinski definition) is 0. The van der Waals surface area contributed by atoms with Crippen molar-refractivity contribution in [3.63, 3.8) is 0 Å². The summed E-state index contributed by atoms with van der Waals surface area (Å²) in [5.74, 6) is 0. The highest BCUT2D eigenvalue weighted by Crippen LogP contribution is 0.691. The minimum Gasteiger partial charge on any atom is -0.547 e. The van der Waals surface area contributed by atoms with Gasteiger partial charge in [-0.25, -0.2) is 0 Å². The molecule has 1 nitrogen and oxygen atoms in total. The van der Waals surface area contributed by atoms with Gasteiger partial charge in [-0.2, -0.15) is 0 Å². The molecule has 0 radical (unpaired) electrons. The topological polar surface area (TPSA) is 23.1 Å². The summed E-state index contributed by atoms with van der Waals surface area (Å²) in [5.41, 5.74) is 0. The quantitative estimate of drug-likeness (QED) is 0.423. The molecular weight excluding hydrogens is 122 g/mol. The largest absolute Gasteiger partial charge is 0.547 e. The molecule has 0 heterocycles. The molecule has 0 aliphatic rings. The number of halogens is 3. The SMILES string of the molecule is Cl.Cl.[O-][ClH+]. The van der Waals surface area contributed by atoms with Crippen molar-refractivity contribution in [2.45, 2.75) is 0 Å². The molecule has 0 saturated heterocycles. The van der Waals surface area contributed by atoms with E-state index in [2.05, 4.69) is 11.9 Å². The highest BCUT2D eigenvalue weighted by Gasteiger charge is 0.819. The van der Waals surface area contributed by atoms with Gasteiger partial charge in [0.2, 0.25) is 0 Å². The van der Waals surface area contributed by atoms with Crippen LogP contribution in [-0.2, 0) is 0 Å². The molecule has 4 heteroatoms. The highest BCUT2D eigenvalue weighted by atomic mass is 35.5. The fourth-order valence-electron chi connectivity index (χ4n) is 0. The third-order valence-corrected chi connectivity index (χ3v) is 0. The molecule has 0 saturated carbocycles. The van der Waals surface area contributed by atoms with Crippen LogP contribution in [0.4, 0.5) is 0 Å². The molecular formula is H3Cl3O. The van der Waals surface area contributed by atoms with E-state index in [1.54, 1.807) is 0 Å². The molecule has 0 aliphatic heterocycles. The van der Waals surface area contributed by atoms with E-state index in [4.69, 9.17) is 4.66 Å². The van der Waals surface area contributed by atoms with Gasteiger partial charge in [-0.15, -0.1) is 24.8 Å². The lowest BCUT2D eigenvalue weighted by Gasteiger charge is -1.28. The molecule has 0 rings (SSSR count). The Morgan fingerprint density at radius 2 is 1.00 bits per heavy atom. The summed E-state index contributed by atoms with van der Waals surface area (Å²) in [6, 6.07) is 0. The fourth-order valence-corrected chi connectivity index (χ4v) is 0. The fraction of sp³-hybridized carbons (Fsp3) is 0. The summed E-state index contributed by atoms with van der Waals surface area (Å²) in [6.07, 6.45) is 0. The molecule has 0 aliphatic carbocycles. The van der Waals surface area contributed by atoms with Gasteiger partial charge < -0.3 is 4.66 Å². The van der Waals surface area contributed by atoms with E-state index in [0.29, 0.717) is 0 Å². The summed E-state index contributed by atoms with van der Waals surface area (Å²) in [5, 5.41) is 0. The Morgan fingerprint density at radius 3 is 1.00 bits per heavy atom. The average Bonchev–Trinajstić information content (AvgIpc) is 1.00. The van der Waals surface area contributed by atoms with Crippen molar-refractivity contribution in [3.05, 3.63) is 0 Å². The molecule has 0 aromatic carbocycles. The predicted molar refractivity (Wildman–Crippen MR) is 15.9 cm³/mol. The van der Waals surface area contributed by atoms with Crippen LogP contribution in [-0.4, -0.2) is 0 Å². The van der Waals surface area contributed by atoms with Gasteiger partial charge in [-0.05, 0) is 0 Å². The smallest absolute Gasteiger partial charge is 0.0878 e. The van der Waals surface area contributed by atoms with Crippen LogP contribution in [0.2, 0.25) is 0 Å². The molecule has 30 valence electrons. The van der Waals surface area contributed by atoms with Crippen molar-refractivity contribution in [2.75, 3.05) is 0 Å². The summed E-state index contributed by atoms with van der Waals surface area (Å²) in [4.78, 5) is 0. The first-order valence-electron chi connectivity index (χ1n) is 0.167. The average molecular weight is 125 g/mol. The number of rotatable bonds is 0. The molecule has 0 atom stereocenters. The van der Waals surface area contributed by atoms with E-state index in [9.17, 15) is 0 Å². The van der Waals surface area contributed by atoms with Gasteiger partial charge in [0.05, 0.1) is 11.9 Å². The maximum absolute atomic E-state index is 7.83. The van der Waals surface area contributed by atoms with E-state index in [1.807, 2.05) is 0 Å². The second kappa shape index (κ2) is 44.5. The van der Waals surface area contributed by atoms with E-state index < -0.39 is 0 Å². The minimum atomic E-state index is 0. The Morgan fingerprint density at radius 1 is 1.00 bits per heavy atom. The van der Waals surface area contributed by atoms with Crippen LogP contribution in [0.1, 0.15) is 0 Å². The van der Waals surface area contributed by atoms with Crippen LogP contribution in [0.25, 0.3) is 0 Å². The van der Waals surface area contributed by atoms with E-state index >= 15 is 0 Å². The first-order chi connectivity index (χ1) is 1.00. The molecule has 4 heavy (non-hydrogen) atoms.